The van der Waals surface area contributed by atoms with Crippen LogP contribution in [0.15, 0.2) is 42.5 Å². The van der Waals surface area contributed by atoms with Crippen molar-refractivity contribution in [1.29, 1.82) is 0 Å². The quantitative estimate of drug-likeness (QED) is 0.725. The largest absolute Gasteiger partial charge is 0.349 e. The Balaban J connectivity index is 1.44. The molecule has 1 N–H and O–H groups in total. The number of nitrogens with zero attached hydrogens (tertiary/aromatic N) is 1. The van der Waals surface area contributed by atoms with E-state index in [1.54, 1.807) is 31.2 Å². The van der Waals surface area contributed by atoms with E-state index in [1.165, 1.54) is 23.1 Å². The monoisotopic (exact) mass is 440 g/mol. The SMILES string of the molecule is Cc1cccc(C(F)(F)C(=O)NCc2ccc3c(c2)CN(C2CCC(=O)CC2=O)C3=O)c1. The molecular formula is C24H22F2N2O4. The van der Waals surface area contributed by atoms with Crippen molar-refractivity contribution in [3.05, 3.63) is 70.3 Å². The summed E-state index contributed by atoms with van der Waals surface area (Å²) in [6.07, 6.45) is 0.425. The fourth-order valence-corrected chi connectivity index (χ4v) is 4.21. The molecule has 1 fully saturated rings. The molecule has 0 saturated heterocycles. The summed E-state index contributed by atoms with van der Waals surface area (Å²) in [5.41, 5.74) is 1.92. The van der Waals surface area contributed by atoms with E-state index in [-0.39, 0.29) is 49.0 Å². The molecule has 4 rings (SSSR count). The Hall–Kier alpha value is -3.42. The summed E-state index contributed by atoms with van der Waals surface area (Å²) in [5.74, 6) is -5.73. The van der Waals surface area contributed by atoms with Crippen LogP contribution in [0.4, 0.5) is 8.78 Å². The molecule has 2 aromatic rings. The molecule has 0 radical (unpaired) electrons. The number of hydrogen-bond acceptors (Lipinski definition) is 4. The van der Waals surface area contributed by atoms with Gasteiger partial charge in [0.25, 0.3) is 11.8 Å². The van der Waals surface area contributed by atoms with Gasteiger partial charge in [-0.05, 0) is 36.6 Å². The topological polar surface area (TPSA) is 83.6 Å². The van der Waals surface area contributed by atoms with E-state index in [0.29, 0.717) is 28.7 Å². The molecule has 2 aromatic carbocycles. The lowest BCUT2D eigenvalue weighted by molar-refractivity contribution is -0.147. The van der Waals surface area contributed by atoms with Crippen molar-refractivity contribution in [3.8, 4) is 0 Å². The number of hydrogen-bond donors (Lipinski definition) is 1. The van der Waals surface area contributed by atoms with E-state index >= 15 is 0 Å². The van der Waals surface area contributed by atoms with Crippen molar-refractivity contribution < 1.29 is 28.0 Å². The normalized spacial score (nSPS) is 18.7. The second-order valence-corrected chi connectivity index (χ2v) is 8.29. The van der Waals surface area contributed by atoms with Gasteiger partial charge in [0.2, 0.25) is 0 Å². The molecule has 1 saturated carbocycles. The van der Waals surface area contributed by atoms with Crippen LogP contribution in [0.5, 0.6) is 0 Å². The van der Waals surface area contributed by atoms with Gasteiger partial charge in [-0.3, -0.25) is 19.2 Å². The third-order valence-corrected chi connectivity index (χ3v) is 5.94. The molecule has 1 unspecified atom stereocenters. The van der Waals surface area contributed by atoms with E-state index in [0.717, 1.165) is 0 Å². The lowest BCUT2D eigenvalue weighted by Gasteiger charge is -2.29. The first-order chi connectivity index (χ1) is 15.2. The van der Waals surface area contributed by atoms with E-state index in [2.05, 4.69) is 5.32 Å². The average Bonchev–Trinajstić information content (AvgIpc) is 3.07. The number of carbonyl (C=O) groups is 4. The first-order valence-electron chi connectivity index (χ1n) is 10.4. The Kier molecular flexibility index (Phi) is 5.62. The molecule has 2 aliphatic rings. The standard InChI is InChI=1S/C24H22F2N2O4/c1-14-3-2-4-17(9-14)24(25,26)23(32)27-12-15-5-7-19-16(10-15)13-28(22(19)31)20-8-6-18(29)11-21(20)30/h2-5,7,9-10,20H,6,8,11-13H2,1H3,(H,27,32). The third kappa shape index (κ3) is 4.04. The maximum Gasteiger partial charge on any atom is 0.349 e. The van der Waals surface area contributed by atoms with Gasteiger partial charge >= 0.3 is 5.92 Å². The van der Waals surface area contributed by atoms with Crippen molar-refractivity contribution in [1.82, 2.24) is 10.2 Å². The van der Waals surface area contributed by atoms with E-state index in [9.17, 15) is 28.0 Å². The van der Waals surface area contributed by atoms with Crippen molar-refractivity contribution >= 4 is 23.4 Å². The van der Waals surface area contributed by atoms with Crippen molar-refractivity contribution in [3.63, 3.8) is 0 Å². The molecule has 166 valence electrons. The Morgan fingerprint density at radius 2 is 1.94 bits per heavy atom. The number of Topliss-reactive ketones (excluding diaryl/α,β-unsaturated/α-hetero) is 2. The second kappa shape index (κ2) is 8.26. The highest BCUT2D eigenvalue weighted by molar-refractivity contribution is 6.07. The van der Waals surface area contributed by atoms with Gasteiger partial charge in [-0.15, -0.1) is 0 Å². The Morgan fingerprint density at radius 1 is 1.16 bits per heavy atom. The fourth-order valence-electron chi connectivity index (χ4n) is 4.21. The molecule has 1 aliphatic heterocycles. The summed E-state index contributed by atoms with van der Waals surface area (Å²) in [6.45, 7) is 1.75. The van der Waals surface area contributed by atoms with Crippen LogP contribution >= 0.6 is 0 Å². The second-order valence-electron chi connectivity index (χ2n) is 8.29. The predicted octanol–water partition coefficient (Wildman–Crippen LogP) is 3.05. The van der Waals surface area contributed by atoms with Gasteiger partial charge in [0.05, 0.1) is 12.5 Å². The van der Waals surface area contributed by atoms with Gasteiger partial charge in [0, 0.05) is 30.6 Å². The molecule has 1 heterocycles. The number of alkyl halides is 2. The van der Waals surface area contributed by atoms with Crippen LogP contribution < -0.4 is 5.32 Å². The van der Waals surface area contributed by atoms with Gasteiger partial charge in [-0.25, -0.2) is 0 Å². The molecule has 0 bridgehead atoms. The highest BCUT2D eigenvalue weighted by Crippen LogP contribution is 2.31. The van der Waals surface area contributed by atoms with Crippen LogP contribution in [0.3, 0.4) is 0 Å². The number of benzene rings is 2. The minimum atomic E-state index is -3.67. The van der Waals surface area contributed by atoms with Crippen LogP contribution in [-0.2, 0) is 33.4 Å². The number of fused-ring (bicyclic) bond motifs is 1. The van der Waals surface area contributed by atoms with Crippen LogP contribution in [0.25, 0.3) is 0 Å². The van der Waals surface area contributed by atoms with Crippen molar-refractivity contribution in [2.45, 2.75) is 51.2 Å². The highest BCUT2D eigenvalue weighted by Gasteiger charge is 2.41. The minimum Gasteiger partial charge on any atom is -0.346 e. The third-order valence-electron chi connectivity index (χ3n) is 5.94. The van der Waals surface area contributed by atoms with Gasteiger partial charge in [-0.2, -0.15) is 8.78 Å². The molecule has 1 aliphatic carbocycles. The molecular weight excluding hydrogens is 418 g/mol. The Bertz CT molecular complexity index is 1130. The summed E-state index contributed by atoms with van der Waals surface area (Å²) in [5, 5.41) is 2.27. The highest BCUT2D eigenvalue weighted by atomic mass is 19.3. The number of rotatable bonds is 5. The predicted molar refractivity (Wildman–Crippen MR) is 111 cm³/mol. The molecule has 2 amide bonds. The number of nitrogens with one attached hydrogen (secondary N) is 1. The van der Waals surface area contributed by atoms with Crippen molar-refractivity contribution in [2.75, 3.05) is 0 Å². The first kappa shape index (κ1) is 21.8. The van der Waals surface area contributed by atoms with Gasteiger partial charge in [-0.1, -0.05) is 35.9 Å². The zero-order valence-corrected chi connectivity index (χ0v) is 17.5. The van der Waals surface area contributed by atoms with Gasteiger partial charge < -0.3 is 10.2 Å². The maximum atomic E-state index is 14.5. The summed E-state index contributed by atoms with van der Waals surface area (Å²) < 4.78 is 29.0. The zero-order valence-electron chi connectivity index (χ0n) is 17.5. The fraction of sp³-hybridized carbons (Fsp3) is 0.333. The number of ketones is 2. The van der Waals surface area contributed by atoms with E-state index in [1.807, 2.05) is 0 Å². The van der Waals surface area contributed by atoms with Crippen LogP contribution in [0.2, 0.25) is 0 Å². The maximum absolute atomic E-state index is 14.5. The minimum absolute atomic E-state index is 0.115. The Labute approximate surface area is 183 Å². The molecule has 0 aromatic heterocycles. The zero-order chi connectivity index (χ0) is 23.0. The first-order valence-corrected chi connectivity index (χ1v) is 10.4. The number of carbonyl (C=O) groups excluding carboxylic acids is 4. The van der Waals surface area contributed by atoms with Gasteiger partial charge in [0.1, 0.15) is 5.78 Å². The van der Waals surface area contributed by atoms with E-state index < -0.39 is 17.9 Å². The van der Waals surface area contributed by atoms with E-state index in [4.69, 9.17) is 0 Å². The Morgan fingerprint density at radius 3 is 2.66 bits per heavy atom. The smallest absolute Gasteiger partial charge is 0.346 e. The van der Waals surface area contributed by atoms with Crippen LogP contribution in [0, 0.1) is 6.92 Å². The van der Waals surface area contributed by atoms with Gasteiger partial charge in [0.15, 0.2) is 5.78 Å². The molecule has 6 nitrogen and oxygen atoms in total. The van der Waals surface area contributed by atoms with Crippen molar-refractivity contribution in [2.24, 2.45) is 0 Å². The summed E-state index contributed by atoms with van der Waals surface area (Å²) >= 11 is 0. The number of halogens is 2. The molecule has 32 heavy (non-hydrogen) atoms. The van der Waals surface area contributed by atoms with Crippen LogP contribution in [-0.4, -0.2) is 34.3 Å². The van der Waals surface area contributed by atoms with Crippen LogP contribution in [0.1, 0.15) is 51.9 Å². The molecule has 0 spiro atoms. The summed E-state index contributed by atoms with van der Waals surface area (Å²) in [6, 6.07) is 9.86. The lowest BCUT2D eigenvalue weighted by Crippen LogP contribution is -2.44. The molecule has 8 heteroatoms. The number of aryl methyl sites for hydroxylation is 1. The molecule has 1 atom stereocenters. The average molecular weight is 440 g/mol. The summed E-state index contributed by atoms with van der Waals surface area (Å²) in [7, 11) is 0. The lowest BCUT2D eigenvalue weighted by atomic mass is 9.92. The summed E-state index contributed by atoms with van der Waals surface area (Å²) in [4.78, 5) is 50.1. The number of amides is 2.